The fourth-order valence-corrected chi connectivity index (χ4v) is 2.15. The second kappa shape index (κ2) is 6.39. The highest BCUT2D eigenvalue weighted by Crippen LogP contribution is 2.35. The van der Waals surface area contributed by atoms with Gasteiger partial charge in [0.25, 0.3) is 0 Å². The Morgan fingerprint density at radius 1 is 1.32 bits per heavy atom. The number of aromatic nitrogens is 2. The predicted octanol–water partition coefficient (Wildman–Crippen LogP) is 2.95. The molecule has 1 aromatic carbocycles. The van der Waals surface area contributed by atoms with Crippen LogP contribution in [-0.4, -0.2) is 19.4 Å². The summed E-state index contributed by atoms with van der Waals surface area (Å²) in [6.07, 6.45) is 1.11. The van der Waals surface area contributed by atoms with Crippen molar-refractivity contribution >= 4 is 23.1 Å². The van der Waals surface area contributed by atoms with E-state index in [1.165, 1.54) is 22.8 Å². The third kappa shape index (κ3) is 2.98. The molecule has 0 aliphatic rings. The summed E-state index contributed by atoms with van der Waals surface area (Å²) in [6, 6.07) is 4.15. The normalized spacial score (nSPS) is 10.5. The summed E-state index contributed by atoms with van der Waals surface area (Å²) in [6.45, 7) is 1.86. The number of nitrogens with zero attached hydrogens (tertiary/aromatic N) is 4. The van der Waals surface area contributed by atoms with Crippen molar-refractivity contribution in [2.75, 3.05) is 0 Å². The number of rotatable bonds is 6. The minimum Gasteiger partial charge on any atom is -0.475 e. The highest BCUT2D eigenvalue weighted by molar-refractivity contribution is 6.32. The van der Waals surface area contributed by atoms with E-state index in [1.54, 1.807) is 6.92 Å². The van der Waals surface area contributed by atoms with Gasteiger partial charge in [-0.05, 0) is 17.9 Å². The first-order chi connectivity index (χ1) is 10.5. The van der Waals surface area contributed by atoms with Crippen molar-refractivity contribution in [1.29, 1.82) is 0 Å². The van der Waals surface area contributed by atoms with Crippen LogP contribution in [0.3, 0.4) is 0 Å². The molecule has 1 heterocycles. The molecule has 0 saturated carbocycles. The molecule has 22 heavy (non-hydrogen) atoms. The first kappa shape index (κ1) is 15.7. The van der Waals surface area contributed by atoms with Gasteiger partial charge in [0.1, 0.15) is 6.20 Å². The Balaban J connectivity index is 2.28. The average molecular weight is 327 g/mol. The third-order valence-corrected chi connectivity index (χ3v) is 3.21. The number of hydrogen-bond donors (Lipinski definition) is 0. The zero-order chi connectivity index (χ0) is 16.3. The first-order valence-corrected chi connectivity index (χ1v) is 6.58. The molecule has 0 atom stereocenters. The highest BCUT2D eigenvalue weighted by atomic mass is 35.5. The van der Waals surface area contributed by atoms with Gasteiger partial charge in [-0.3, -0.25) is 10.1 Å². The second-order valence-electron chi connectivity index (χ2n) is 4.17. The van der Waals surface area contributed by atoms with Crippen LogP contribution in [0.15, 0.2) is 24.4 Å². The van der Waals surface area contributed by atoms with Gasteiger partial charge in [0.15, 0.2) is 6.61 Å². The molecule has 9 nitrogen and oxygen atoms in total. The molecule has 116 valence electrons. The maximum Gasteiger partial charge on any atom is 0.342 e. The summed E-state index contributed by atoms with van der Waals surface area (Å²) in [7, 11) is 0. The Labute approximate surface area is 129 Å². The van der Waals surface area contributed by atoms with Crippen molar-refractivity contribution in [2.24, 2.45) is 0 Å². The maximum absolute atomic E-state index is 11.0. The average Bonchev–Trinajstić information content (AvgIpc) is 2.88. The van der Waals surface area contributed by atoms with Crippen LogP contribution in [0.4, 0.5) is 11.5 Å². The van der Waals surface area contributed by atoms with Crippen LogP contribution >= 0.6 is 11.6 Å². The van der Waals surface area contributed by atoms with Crippen LogP contribution in [-0.2, 0) is 13.2 Å². The topological polar surface area (TPSA) is 113 Å². The van der Waals surface area contributed by atoms with E-state index in [2.05, 4.69) is 4.98 Å². The zero-order valence-electron chi connectivity index (χ0n) is 11.4. The number of nitro groups is 2. The molecule has 0 spiro atoms. The fourth-order valence-electron chi connectivity index (χ4n) is 1.93. The molecule has 0 N–H and O–H groups in total. The predicted molar refractivity (Wildman–Crippen MR) is 77.0 cm³/mol. The molecule has 2 rings (SSSR count). The number of imidazole rings is 1. The van der Waals surface area contributed by atoms with Gasteiger partial charge < -0.3 is 14.9 Å². The second-order valence-corrected chi connectivity index (χ2v) is 4.58. The van der Waals surface area contributed by atoms with Crippen LogP contribution in [0.5, 0.6) is 5.75 Å². The van der Waals surface area contributed by atoms with E-state index in [0.717, 1.165) is 6.20 Å². The van der Waals surface area contributed by atoms with E-state index in [-0.39, 0.29) is 34.7 Å². The van der Waals surface area contributed by atoms with Crippen LogP contribution in [0.25, 0.3) is 0 Å². The number of halogens is 1. The monoisotopic (exact) mass is 326 g/mol. The summed E-state index contributed by atoms with van der Waals surface area (Å²) in [5.74, 6) is 0.0145. The lowest BCUT2D eigenvalue weighted by molar-refractivity contribution is -0.392. The first-order valence-electron chi connectivity index (χ1n) is 6.20. The number of nitro benzene ring substituents is 1. The SMILES string of the molecule is CCn1c([N+](=O)[O-])cnc1COc1c(Cl)cccc1[N+](=O)[O-]. The van der Waals surface area contributed by atoms with Gasteiger partial charge in [-0.2, -0.15) is 0 Å². The number of hydrogen-bond acceptors (Lipinski definition) is 6. The van der Waals surface area contributed by atoms with E-state index in [9.17, 15) is 20.2 Å². The molecule has 0 aliphatic heterocycles. The lowest BCUT2D eigenvalue weighted by atomic mass is 10.3. The van der Waals surface area contributed by atoms with Crippen molar-refractivity contribution in [2.45, 2.75) is 20.1 Å². The summed E-state index contributed by atoms with van der Waals surface area (Å²) < 4.78 is 6.72. The van der Waals surface area contributed by atoms with E-state index >= 15 is 0 Å². The number of benzene rings is 1. The van der Waals surface area contributed by atoms with Gasteiger partial charge in [-0.25, -0.2) is 9.55 Å². The van der Waals surface area contributed by atoms with Crippen molar-refractivity contribution < 1.29 is 14.6 Å². The molecule has 1 aromatic heterocycles. The van der Waals surface area contributed by atoms with E-state index in [1.807, 2.05) is 0 Å². The Morgan fingerprint density at radius 2 is 2.05 bits per heavy atom. The zero-order valence-corrected chi connectivity index (χ0v) is 12.2. The molecule has 0 amide bonds. The van der Waals surface area contributed by atoms with Crippen molar-refractivity contribution in [3.05, 3.63) is 55.5 Å². The van der Waals surface area contributed by atoms with E-state index < -0.39 is 9.85 Å². The van der Waals surface area contributed by atoms with Gasteiger partial charge in [-0.1, -0.05) is 17.7 Å². The molecule has 0 radical (unpaired) electrons. The van der Waals surface area contributed by atoms with Crippen LogP contribution < -0.4 is 4.74 Å². The molecule has 0 unspecified atom stereocenters. The summed E-state index contributed by atoms with van der Waals surface area (Å²) in [4.78, 5) is 24.6. The number of para-hydroxylation sites is 1. The number of ether oxygens (including phenoxy) is 1. The van der Waals surface area contributed by atoms with Crippen LogP contribution in [0, 0.1) is 20.2 Å². The lowest BCUT2D eigenvalue weighted by Gasteiger charge is -2.07. The third-order valence-electron chi connectivity index (χ3n) is 2.91. The highest BCUT2D eigenvalue weighted by Gasteiger charge is 2.22. The fraction of sp³-hybridized carbons (Fsp3) is 0.250. The summed E-state index contributed by atoms with van der Waals surface area (Å²) in [5, 5.41) is 21.9. The van der Waals surface area contributed by atoms with Gasteiger partial charge in [0, 0.05) is 6.07 Å². The summed E-state index contributed by atoms with van der Waals surface area (Å²) >= 11 is 5.90. The smallest absolute Gasteiger partial charge is 0.342 e. The van der Waals surface area contributed by atoms with Crippen molar-refractivity contribution in [1.82, 2.24) is 9.55 Å². The van der Waals surface area contributed by atoms with Crippen LogP contribution in [0.2, 0.25) is 5.02 Å². The quantitative estimate of drug-likeness (QED) is 0.595. The molecule has 0 saturated heterocycles. The van der Waals surface area contributed by atoms with Crippen molar-refractivity contribution in [3.8, 4) is 5.75 Å². The Kier molecular flexibility index (Phi) is 4.56. The largest absolute Gasteiger partial charge is 0.475 e. The molecule has 0 fully saturated rings. The Hall–Kier alpha value is -2.68. The minimum absolute atomic E-state index is 0.0818. The molecule has 2 aromatic rings. The Morgan fingerprint density at radius 3 is 2.64 bits per heavy atom. The lowest BCUT2D eigenvalue weighted by Crippen LogP contribution is -2.09. The Bertz CT molecular complexity index is 730. The standard InChI is InChI=1S/C12H11ClN4O5/c1-2-15-10(14-6-11(15)17(20)21)7-22-12-8(13)4-3-5-9(12)16(18)19/h3-6H,2,7H2,1H3. The molecular formula is C12H11ClN4O5. The minimum atomic E-state index is -0.615. The van der Waals surface area contributed by atoms with E-state index in [0.29, 0.717) is 6.54 Å². The maximum atomic E-state index is 11.0. The van der Waals surface area contributed by atoms with Gasteiger partial charge >= 0.3 is 11.5 Å². The molecular weight excluding hydrogens is 316 g/mol. The molecule has 10 heteroatoms. The molecule has 0 aliphatic carbocycles. The van der Waals surface area contributed by atoms with Crippen LogP contribution in [0.1, 0.15) is 12.7 Å². The van der Waals surface area contributed by atoms with Crippen molar-refractivity contribution in [3.63, 3.8) is 0 Å². The molecule has 0 bridgehead atoms. The van der Waals surface area contributed by atoms with Gasteiger partial charge in [-0.15, -0.1) is 0 Å². The van der Waals surface area contributed by atoms with Gasteiger partial charge in [0.2, 0.25) is 11.6 Å². The summed E-state index contributed by atoms with van der Waals surface area (Å²) in [5.41, 5.74) is -0.281. The van der Waals surface area contributed by atoms with E-state index in [4.69, 9.17) is 16.3 Å². The van der Waals surface area contributed by atoms with Gasteiger partial charge in [0.05, 0.1) is 16.5 Å².